The van der Waals surface area contributed by atoms with E-state index in [1.807, 2.05) is 4.90 Å². The number of amides is 2. The van der Waals surface area contributed by atoms with Gasteiger partial charge < -0.3 is 15.5 Å². The Hall–Kier alpha value is -2.09. The summed E-state index contributed by atoms with van der Waals surface area (Å²) >= 11 is 0. The lowest BCUT2D eigenvalue weighted by atomic mass is 9.92. The second kappa shape index (κ2) is 9.73. The van der Waals surface area contributed by atoms with Gasteiger partial charge in [0.2, 0.25) is 11.8 Å². The predicted molar refractivity (Wildman–Crippen MR) is 95.8 cm³/mol. The van der Waals surface area contributed by atoms with E-state index in [4.69, 9.17) is 0 Å². The molecule has 2 rings (SSSR count). The van der Waals surface area contributed by atoms with Crippen molar-refractivity contribution in [2.75, 3.05) is 26.7 Å². The quantitative estimate of drug-likeness (QED) is 0.758. The number of likely N-dealkylation sites (N-methyl/N-ethyl adjacent to an activating group) is 1. The molecule has 8 heteroatoms. The molecule has 2 N–H and O–H groups in total. The van der Waals surface area contributed by atoms with Gasteiger partial charge in [0, 0.05) is 26.1 Å². The monoisotopic (exact) mass is 385 g/mol. The fourth-order valence-corrected chi connectivity index (χ4v) is 3.22. The highest BCUT2D eigenvalue weighted by Gasteiger charge is 2.30. The average molecular weight is 385 g/mol. The molecule has 1 aliphatic rings. The summed E-state index contributed by atoms with van der Waals surface area (Å²) in [6.07, 6.45) is -1.58. The van der Waals surface area contributed by atoms with E-state index < -0.39 is 11.7 Å². The van der Waals surface area contributed by atoms with Crippen LogP contribution in [0.1, 0.15) is 36.8 Å². The number of rotatable bonds is 7. The van der Waals surface area contributed by atoms with Gasteiger partial charge in [-0.1, -0.05) is 12.1 Å². The van der Waals surface area contributed by atoms with Gasteiger partial charge in [0.15, 0.2) is 0 Å². The van der Waals surface area contributed by atoms with Crippen molar-refractivity contribution in [1.29, 1.82) is 0 Å². The first-order chi connectivity index (χ1) is 12.8. The van der Waals surface area contributed by atoms with E-state index in [0.29, 0.717) is 37.5 Å². The standard InChI is InChI=1S/C19H26F3N3O2/c1-23-13-18(27)25-9-7-14(8-10-25)5-6-17(26)24-12-15-3-2-4-16(11-15)19(20,21)22/h2-4,11,14,23H,5-10,12-13H2,1H3,(H,24,26). The van der Waals surface area contributed by atoms with E-state index in [2.05, 4.69) is 10.6 Å². The van der Waals surface area contributed by atoms with Crippen LogP contribution in [0.4, 0.5) is 13.2 Å². The van der Waals surface area contributed by atoms with Crippen LogP contribution in [0.2, 0.25) is 0 Å². The van der Waals surface area contributed by atoms with Crippen molar-refractivity contribution in [1.82, 2.24) is 15.5 Å². The molecule has 1 aromatic carbocycles. The van der Waals surface area contributed by atoms with Gasteiger partial charge in [0.05, 0.1) is 12.1 Å². The molecular formula is C19H26F3N3O2. The summed E-state index contributed by atoms with van der Waals surface area (Å²) in [5, 5.41) is 5.53. The van der Waals surface area contributed by atoms with Gasteiger partial charge in [-0.3, -0.25) is 9.59 Å². The van der Waals surface area contributed by atoms with Crippen molar-refractivity contribution in [3.8, 4) is 0 Å². The Morgan fingerprint density at radius 1 is 1.22 bits per heavy atom. The molecule has 5 nitrogen and oxygen atoms in total. The minimum absolute atomic E-state index is 0.0831. The lowest BCUT2D eigenvalue weighted by Gasteiger charge is -2.32. The van der Waals surface area contributed by atoms with Gasteiger partial charge in [0.1, 0.15) is 0 Å². The molecule has 1 aliphatic heterocycles. The van der Waals surface area contributed by atoms with Crippen molar-refractivity contribution in [2.45, 2.75) is 38.4 Å². The zero-order valence-corrected chi connectivity index (χ0v) is 15.4. The van der Waals surface area contributed by atoms with Crippen molar-refractivity contribution in [3.05, 3.63) is 35.4 Å². The maximum absolute atomic E-state index is 12.7. The first-order valence-corrected chi connectivity index (χ1v) is 9.15. The lowest BCUT2D eigenvalue weighted by molar-refractivity contribution is -0.137. The van der Waals surface area contributed by atoms with Crippen LogP contribution in [-0.2, 0) is 22.3 Å². The zero-order chi connectivity index (χ0) is 19.9. The normalized spacial score (nSPS) is 15.6. The fourth-order valence-electron chi connectivity index (χ4n) is 3.22. The summed E-state index contributed by atoms with van der Waals surface area (Å²) in [5.41, 5.74) is -0.289. The van der Waals surface area contributed by atoms with E-state index in [0.717, 1.165) is 31.4 Å². The number of piperidine rings is 1. The Morgan fingerprint density at radius 2 is 1.93 bits per heavy atom. The number of likely N-dealkylation sites (tertiary alicyclic amines) is 1. The number of hydrogen-bond donors (Lipinski definition) is 2. The number of alkyl halides is 3. The SMILES string of the molecule is CNCC(=O)N1CCC(CCC(=O)NCc2cccc(C(F)(F)F)c2)CC1. The third kappa shape index (κ3) is 6.86. The van der Waals surface area contributed by atoms with E-state index in [9.17, 15) is 22.8 Å². The first kappa shape index (κ1) is 21.2. The van der Waals surface area contributed by atoms with Crippen LogP contribution in [0.5, 0.6) is 0 Å². The minimum Gasteiger partial charge on any atom is -0.352 e. The Bertz CT molecular complexity index is 641. The van der Waals surface area contributed by atoms with Crippen LogP contribution in [0.15, 0.2) is 24.3 Å². The number of benzene rings is 1. The third-order valence-electron chi connectivity index (χ3n) is 4.82. The van der Waals surface area contributed by atoms with Gasteiger partial charge in [-0.25, -0.2) is 0 Å². The Balaban J connectivity index is 1.69. The van der Waals surface area contributed by atoms with Gasteiger partial charge in [-0.2, -0.15) is 13.2 Å². The topological polar surface area (TPSA) is 61.4 Å². The molecule has 1 saturated heterocycles. The second-order valence-electron chi connectivity index (χ2n) is 6.87. The average Bonchev–Trinajstić information content (AvgIpc) is 2.65. The van der Waals surface area contributed by atoms with Gasteiger partial charge in [-0.15, -0.1) is 0 Å². The molecule has 0 atom stereocenters. The molecule has 0 unspecified atom stereocenters. The van der Waals surface area contributed by atoms with E-state index >= 15 is 0 Å². The summed E-state index contributed by atoms with van der Waals surface area (Å²) in [5.74, 6) is 0.318. The lowest BCUT2D eigenvalue weighted by Crippen LogP contribution is -2.42. The van der Waals surface area contributed by atoms with Crippen molar-refractivity contribution in [2.24, 2.45) is 5.92 Å². The maximum atomic E-state index is 12.7. The third-order valence-corrected chi connectivity index (χ3v) is 4.82. The molecule has 1 aromatic rings. The number of halogens is 3. The Labute approximate surface area is 157 Å². The molecular weight excluding hydrogens is 359 g/mol. The molecule has 0 aromatic heterocycles. The largest absolute Gasteiger partial charge is 0.416 e. The van der Waals surface area contributed by atoms with Crippen molar-refractivity contribution < 1.29 is 22.8 Å². The van der Waals surface area contributed by atoms with Crippen molar-refractivity contribution >= 4 is 11.8 Å². The summed E-state index contributed by atoms with van der Waals surface area (Å²) in [6.45, 7) is 1.83. The molecule has 0 bridgehead atoms. The summed E-state index contributed by atoms with van der Waals surface area (Å²) in [4.78, 5) is 25.6. The molecule has 1 heterocycles. The molecule has 0 saturated carbocycles. The minimum atomic E-state index is -4.39. The highest BCUT2D eigenvalue weighted by Crippen LogP contribution is 2.29. The molecule has 1 fully saturated rings. The van der Waals surface area contributed by atoms with Crippen LogP contribution < -0.4 is 10.6 Å². The molecule has 0 aliphatic carbocycles. The van der Waals surface area contributed by atoms with E-state index in [-0.39, 0.29) is 18.4 Å². The second-order valence-corrected chi connectivity index (χ2v) is 6.87. The van der Waals surface area contributed by atoms with E-state index in [1.54, 1.807) is 13.1 Å². The molecule has 27 heavy (non-hydrogen) atoms. The Kier molecular flexibility index (Phi) is 7.65. The van der Waals surface area contributed by atoms with Crippen LogP contribution in [0.25, 0.3) is 0 Å². The van der Waals surface area contributed by atoms with Crippen LogP contribution in [0.3, 0.4) is 0 Å². The first-order valence-electron chi connectivity index (χ1n) is 9.15. The zero-order valence-electron chi connectivity index (χ0n) is 15.4. The molecule has 0 radical (unpaired) electrons. The van der Waals surface area contributed by atoms with Gasteiger partial charge >= 0.3 is 6.18 Å². The molecule has 2 amide bonds. The fraction of sp³-hybridized carbons (Fsp3) is 0.579. The molecule has 0 spiro atoms. The molecule has 150 valence electrons. The predicted octanol–water partition coefficient (Wildman–Crippen LogP) is 2.56. The van der Waals surface area contributed by atoms with E-state index in [1.165, 1.54) is 6.07 Å². The van der Waals surface area contributed by atoms with Crippen LogP contribution in [0, 0.1) is 5.92 Å². The number of carbonyl (C=O) groups is 2. The van der Waals surface area contributed by atoms with Crippen molar-refractivity contribution in [3.63, 3.8) is 0 Å². The highest BCUT2D eigenvalue weighted by molar-refractivity contribution is 5.78. The summed E-state index contributed by atoms with van der Waals surface area (Å²) in [6, 6.07) is 4.97. The van der Waals surface area contributed by atoms with Crippen LogP contribution >= 0.6 is 0 Å². The number of carbonyl (C=O) groups excluding carboxylic acids is 2. The maximum Gasteiger partial charge on any atom is 0.416 e. The summed E-state index contributed by atoms with van der Waals surface area (Å²) < 4.78 is 38.1. The van der Waals surface area contributed by atoms with Gasteiger partial charge in [-0.05, 0) is 49.9 Å². The van der Waals surface area contributed by atoms with Gasteiger partial charge in [0.25, 0.3) is 0 Å². The number of nitrogens with one attached hydrogen (secondary N) is 2. The number of hydrogen-bond acceptors (Lipinski definition) is 3. The number of nitrogens with zero attached hydrogens (tertiary/aromatic N) is 1. The summed E-state index contributed by atoms with van der Waals surface area (Å²) in [7, 11) is 1.74. The van der Waals surface area contributed by atoms with Crippen LogP contribution in [-0.4, -0.2) is 43.4 Å². The smallest absolute Gasteiger partial charge is 0.352 e. The Morgan fingerprint density at radius 3 is 2.56 bits per heavy atom. The highest BCUT2D eigenvalue weighted by atomic mass is 19.4.